The molecular formula is C24H24. The maximum atomic E-state index is 2.14. The lowest BCUT2D eigenvalue weighted by atomic mass is 10.1. The Morgan fingerprint density at radius 1 is 0.375 bits per heavy atom. The van der Waals surface area contributed by atoms with Crippen molar-refractivity contribution in [1.29, 1.82) is 0 Å². The SMILES string of the molecule is C(=C\c1ccc(/C=C/c2ccccc2)cc1)/c1ccccc1.CC. The topological polar surface area (TPSA) is 0 Å². The molecule has 120 valence electrons. The van der Waals surface area contributed by atoms with Gasteiger partial charge in [-0.15, -0.1) is 0 Å². The molecule has 3 aromatic rings. The fourth-order valence-electron chi connectivity index (χ4n) is 2.23. The summed E-state index contributed by atoms with van der Waals surface area (Å²) in [5, 5.41) is 0. The number of rotatable bonds is 4. The molecule has 0 nitrogen and oxygen atoms in total. The van der Waals surface area contributed by atoms with E-state index in [-0.39, 0.29) is 0 Å². The molecule has 0 aliphatic carbocycles. The minimum absolute atomic E-state index is 1.21. The van der Waals surface area contributed by atoms with Crippen LogP contribution in [-0.2, 0) is 0 Å². The van der Waals surface area contributed by atoms with Gasteiger partial charge in [-0.25, -0.2) is 0 Å². The predicted octanol–water partition coefficient (Wildman–Crippen LogP) is 7.05. The second-order valence-electron chi connectivity index (χ2n) is 5.15. The Morgan fingerprint density at radius 3 is 0.917 bits per heavy atom. The zero-order valence-corrected chi connectivity index (χ0v) is 14.4. The molecule has 3 aromatic carbocycles. The normalized spacial score (nSPS) is 10.6. The lowest BCUT2D eigenvalue weighted by molar-refractivity contribution is 1.50. The van der Waals surface area contributed by atoms with Crippen LogP contribution >= 0.6 is 0 Å². The van der Waals surface area contributed by atoms with Crippen LogP contribution in [0.2, 0.25) is 0 Å². The molecule has 0 heteroatoms. The maximum absolute atomic E-state index is 2.14. The van der Waals surface area contributed by atoms with Crippen LogP contribution in [-0.4, -0.2) is 0 Å². The third-order valence-corrected chi connectivity index (χ3v) is 3.47. The number of benzene rings is 3. The summed E-state index contributed by atoms with van der Waals surface area (Å²) in [6, 6.07) is 29.3. The van der Waals surface area contributed by atoms with Gasteiger partial charge < -0.3 is 0 Å². The molecule has 0 heterocycles. The lowest BCUT2D eigenvalue weighted by Gasteiger charge is -1.97. The summed E-state index contributed by atoms with van der Waals surface area (Å²) in [4.78, 5) is 0. The molecule has 0 saturated heterocycles. The van der Waals surface area contributed by atoms with Gasteiger partial charge in [-0.3, -0.25) is 0 Å². The Kier molecular flexibility index (Phi) is 7.30. The highest BCUT2D eigenvalue weighted by Crippen LogP contribution is 2.12. The zero-order valence-electron chi connectivity index (χ0n) is 14.4. The minimum atomic E-state index is 1.21. The summed E-state index contributed by atoms with van der Waals surface area (Å²) in [5.41, 5.74) is 4.85. The van der Waals surface area contributed by atoms with Crippen molar-refractivity contribution in [3.05, 3.63) is 107 Å². The van der Waals surface area contributed by atoms with E-state index in [2.05, 4.69) is 97.1 Å². The largest absolute Gasteiger partial charge is 0.0683 e. The molecule has 0 unspecified atom stereocenters. The third kappa shape index (κ3) is 5.73. The maximum Gasteiger partial charge on any atom is -0.0256 e. The van der Waals surface area contributed by atoms with E-state index in [0.29, 0.717) is 0 Å². The highest BCUT2D eigenvalue weighted by molar-refractivity contribution is 5.72. The van der Waals surface area contributed by atoms with Crippen LogP contribution in [0.5, 0.6) is 0 Å². The molecule has 0 amide bonds. The summed E-state index contributed by atoms with van der Waals surface area (Å²) in [6.07, 6.45) is 8.55. The molecule has 0 aliphatic heterocycles. The van der Waals surface area contributed by atoms with Gasteiger partial charge in [0.25, 0.3) is 0 Å². The van der Waals surface area contributed by atoms with Gasteiger partial charge in [0.2, 0.25) is 0 Å². The molecule has 0 aliphatic rings. The average molecular weight is 312 g/mol. The van der Waals surface area contributed by atoms with Crippen molar-refractivity contribution in [3.8, 4) is 0 Å². The Balaban J connectivity index is 0.00000100. The van der Waals surface area contributed by atoms with E-state index in [1.807, 2.05) is 26.0 Å². The van der Waals surface area contributed by atoms with Gasteiger partial charge in [0, 0.05) is 0 Å². The van der Waals surface area contributed by atoms with Gasteiger partial charge in [0.05, 0.1) is 0 Å². The van der Waals surface area contributed by atoms with Gasteiger partial charge in [0.1, 0.15) is 0 Å². The smallest absolute Gasteiger partial charge is 0.0256 e. The first-order chi connectivity index (χ1) is 11.9. The van der Waals surface area contributed by atoms with Crippen LogP contribution in [0.3, 0.4) is 0 Å². The fourth-order valence-corrected chi connectivity index (χ4v) is 2.23. The van der Waals surface area contributed by atoms with Crippen LogP contribution in [0.1, 0.15) is 36.1 Å². The first-order valence-corrected chi connectivity index (χ1v) is 8.46. The molecule has 0 aromatic heterocycles. The predicted molar refractivity (Wildman–Crippen MR) is 109 cm³/mol. The van der Waals surface area contributed by atoms with Crippen molar-refractivity contribution >= 4 is 24.3 Å². The quantitative estimate of drug-likeness (QED) is 0.453. The zero-order chi connectivity index (χ0) is 17.0. The van der Waals surface area contributed by atoms with Crippen LogP contribution < -0.4 is 0 Å². The molecule has 3 rings (SSSR count). The van der Waals surface area contributed by atoms with E-state index in [4.69, 9.17) is 0 Å². The summed E-state index contributed by atoms with van der Waals surface area (Å²) in [5.74, 6) is 0. The average Bonchev–Trinajstić information content (AvgIpc) is 2.69. The third-order valence-electron chi connectivity index (χ3n) is 3.47. The summed E-state index contributed by atoms with van der Waals surface area (Å²) < 4.78 is 0. The van der Waals surface area contributed by atoms with E-state index in [1.165, 1.54) is 22.3 Å². The van der Waals surface area contributed by atoms with Crippen LogP contribution in [0.15, 0.2) is 84.9 Å². The Bertz CT molecular complexity index is 680. The molecule has 0 N–H and O–H groups in total. The summed E-state index contributed by atoms with van der Waals surface area (Å²) in [6.45, 7) is 4.00. The molecule has 0 spiro atoms. The fraction of sp³-hybridized carbons (Fsp3) is 0.0833. The Hall–Kier alpha value is -2.86. The van der Waals surface area contributed by atoms with Crippen molar-refractivity contribution in [1.82, 2.24) is 0 Å². The van der Waals surface area contributed by atoms with Crippen molar-refractivity contribution in [3.63, 3.8) is 0 Å². The van der Waals surface area contributed by atoms with E-state index in [0.717, 1.165) is 0 Å². The Labute approximate surface area is 145 Å². The second-order valence-corrected chi connectivity index (χ2v) is 5.15. The summed E-state index contributed by atoms with van der Waals surface area (Å²) >= 11 is 0. The number of hydrogen-bond acceptors (Lipinski definition) is 0. The lowest BCUT2D eigenvalue weighted by Crippen LogP contribution is -1.75. The molecular weight excluding hydrogens is 288 g/mol. The first kappa shape index (κ1) is 17.5. The standard InChI is InChI=1S/C22H18.C2H6/c1-3-7-19(8-4-1)11-13-21-15-17-22(18-16-21)14-12-20-9-5-2-6-10-20;1-2/h1-18H;1-2H3/b13-11+,14-12+;. The van der Waals surface area contributed by atoms with Crippen molar-refractivity contribution in [2.75, 3.05) is 0 Å². The molecule has 24 heavy (non-hydrogen) atoms. The van der Waals surface area contributed by atoms with Gasteiger partial charge in [0.15, 0.2) is 0 Å². The van der Waals surface area contributed by atoms with Gasteiger partial charge in [-0.05, 0) is 22.3 Å². The first-order valence-electron chi connectivity index (χ1n) is 8.46. The second kappa shape index (κ2) is 10.0. The highest BCUT2D eigenvalue weighted by Gasteiger charge is 1.90. The van der Waals surface area contributed by atoms with Gasteiger partial charge in [-0.1, -0.05) is 123 Å². The van der Waals surface area contributed by atoms with Crippen molar-refractivity contribution in [2.45, 2.75) is 13.8 Å². The van der Waals surface area contributed by atoms with Crippen molar-refractivity contribution < 1.29 is 0 Å². The van der Waals surface area contributed by atoms with E-state index in [9.17, 15) is 0 Å². The molecule has 0 saturated carbocycles. The monoisotopic (exact) mass is 312 g/mol. The van der Waals surface area contributed by atoms with Crippen LogP contribution in [0.25, 0.3) is 24.3 Å². The van der Waals surface area contributed by atoms with Gasteiger partial charge in [-0.2, -0.15) is 0 Å². The molecule has 0 fully saturated rings. The molecule has 0 bridgehead atoms. The molecule has 0 radical (unpaired) electrons. The highest BCUT2D eigenvalue weighted by atomic mass is 14.0. The minimum Gasteiger partial charge on any atom is -0.0683 e. The van der Waals surface area contributed by atoms with Crippen LogP contribution in [0.4, 0.5) is 0 Å². The Morgan fingerprint density at radius 2 is 0.625 bits per heavy atom. The van der Waals surface area contributed by atoms with Gasteiger partial charge >= 0.3 is 0 Å². The van der Waals surface area contributed by atoms with E-state index < -0.39 is 0 Å². The van der Waals surface area contributed by atoms with Crippen LogP contribution in [0, 0.1) is 0 Å². The summed E-state index contributed by atoms with van der Waals surface area (Å²) in [7, 11) is 0. The van der Waals surface area contributed by atoms with E-state index in [1.54, 1.807) is 0 Å². The molecule has 0 atom stereocenters. The number of hydrogen-bond donors (Lipinski definition) is 0. The van der Waals surface area contributed by atoms with E-state index >= 15 is 0 Å². The van der Waals surface area contributed by atoms with Crippen molar-refractivity contribution in [2.24, 2.45) is 0 Å².